The van der Waals surface area contributed by atoms with Crippen LogP contribution in [0.4, 0.5) is 0 Å². The number of hydrogen-bond donors (Lipinski definition) is 1. The maximum absolute atomic E-state index is 13.0. The lowest BCUT2D eigenvalue weighted by molar-refractivity contribution is 0.0518. The highest BCUT2D eigenvalue weighted by atomic mass is 32.2. The third-order valence-electron chi connectivity index (χ3n) is 7.08. The summed E-state index contributed by atoms with van der Waals surface area (Å²) in [6.45, 7) is 9.25. The van der Waals surface area contributed by atoms with Crippen molar-refractivity contribution in [3.05, 3.63) is 46.9 Å². The number of likely N-dealkylation sites (tertiary alicyclic amines) is 1. The summed E-state index contributed by atoms with van der Waals surface area (Å²) >= 11 is 0. The molecule has 1 aromatic carbocycles. The summed E-state index contributed by atoms with van der Waals surface area (Å²) in [5.74, 6) is 0.940. The SMILES string of the molecule is COc1cc(C)c(S(=O)(=O)NCc2cc(C(=O)N3CCC(N4CCN(C)CC4)CC3)co2)c(C)c1. The molecule has 3 heterocycles. The molecule has 0 unspecified atom stereocenters. The highest BCUT2D eigenvalue weighted by Gasteiger charge is 2.29. The lowest BCUT2D eigenvalue weighted by Crippen LogP contribution is -2.52. The van der Waals surface area contributed by atoms with Gasteiger partial charge in [0.1, 0.15) is 17.8 Å². The fourth-order valence-electron chi connectivity index (χ4n) is 5.08. The maximum atomic E-state index is 13.0. The fourth-order valence-corrected chi connectivity index (χ4v) is 6.52. The number of likely N-dealkylation sites (N-methyl/N-ethyl adjacent to an activating group) is 1. The first-order chi connectivity index (χ1) is 16.7. The van der Waals surface area contributed by atoms with Gasteiger partial charge in [0.2, 0.25) is 10.0 Å². The van der Waals surface area contributed by atoms with Crippen molar-refractivity contribution in [3.63, 3.8) is 0 Å². The molecule has 2 aromatic rings. The van der Waals surface area contributed by atoms with Crippen LogP contribution in [0.15, 0.2) is 33.8 Å². The van der Waals surface area contributed by atoms with Crippen molar-refractivity contribution in [2.45, 2.75) is 44.2 Å². The molecule has 1 aromatic heterocycles. The van der Waals surface area contributed by atoms with E-state index in [0.717, 1.165) is 52.1 Å². The Hall–Kier alpha value is -2.40. The van der Waals surface area contributed by atoms with Crippen LogP contribution < -0.4 is 9.46 Å². The van der Waals surface area contributed by atoms with Crippen molar-refractivity contribution in [2.75, 3.05) is 53.4 Å². The number of furan rings is 1. The minimum absolute atomic E-state index is 0.0357. The largest absolute Gasteiger partial charge is 0.497 e. The molecule has 192 valence electrons. The number of sulfonamides is 1. The molecular formula is C25H36N4O5S. The predicted molar refractivity (Wildman–Crippen MR) is 133 cm³/mol. The number of piperazine rings is 1. The van der Waals surface area contributed by atoms with Gasteiger partial charge in [0.25, 0.3) is 5.91 Å². The van der Waals surface area contributed by atoms with Crippen LogP contribution in [0.25, 0.3) is 0 Å². The molecule has 0 saturated carbocycles. The molecule has 0 spiro atoms. The van der Waals surface area contributed by atoms with Crippen LogP contribution in [0, 0.1) is 13.8 Å². The van der Waals surface area contributed by atoms with Gasteiger partial charge in [-0.2, -0.15) is 0 Å². The average molecular weight is 505 g/mol. The molecule has 2 fully saturated rings. The zero-order valence-corrected chi connectivity index (χ0v) is 21.9. The Morgan fingerprint density at radius 3 is 2.29 bits per heavy atom. The minimum atomic E-state index is -3.77. The van der Waals surface area contributed by atoms with E-state index in [1.165, 1.54) is 6.26 Å². The van der Waals surface area contributed by atoms with Gasteiger partial charge in [-0.1, -0.05) is 0 Å². The number of ether oxygens (including phenoxy) is 1. The predicted octanol–water partition coefficient (Wildman–Crippen LogP) is 2.24. The molecular weight excluding hydrogens is 468 g/mol. The molecule has 2 aliphatic heterocycles. The second kappa shape index (κ2) is 10.7. The number of hydrogen-bond acceptors (Lipinski definition) is 7. The molecule has 0 bridgehead atoms. The van der Waals surface area contributed by atoms with E-state index in [1.54, 1.807) is 39.2 Å². The van der Waals surface area contributed by atoms with Gasteiger partial charge < -0.3 is 19.0 Å². The topological polar surface area (TPSA) is 95.3 Å². The van der Waals surface area contributed by atoms with Crippen LogP contribution in [0.2, 0.25) is 0 Å². The highest BCUT2D eigenvalue weighted by molar-refractivity contribution is 7.89. The summed E-state index contributed by atoms with van der Waals surface area (Å²) in [6.07, 6.45) is 3.36. The van der Waals surface area contributed by atoms with Crippen LogP contribution in [0.1, 0.15) is 40.1 Å². The number of carbonyl (C=O) groups is 1. The summed E-state index contributed by atoms with van der Waals surface area (Å²) in [6, 6.07) is 5.55. The van der Waals surface area contributed by atoms with E-state index in [-0.39, 0.29) is 17.3 Å². The number of nitrogens with one attached hydrogen (secondary N) is 1. The number of nitrogens with zero attached hydrogens (tertiary/aromatic N) is 3. The molecule has 0 atom stereocenters. The van der Waals surface area contributed by atoms with Crippen molar-refractivity contribution < 1.29 is 22.4 Å². The summed E-state index contributed by atoms with van der Waals surface area (Å²) < 4.78 is 39.2. The normalized spacial score (nSPS) is 18.7. The van der Waals surface area contributed by atoms with Crippen LogP contribution in [0.3, 0.4) is 0 Å². The average Bonchev–Trinajstić information content (AvgIpc) is 3.31. The van der Waals surface area contributed by atoms with Crippen LogP contribution in [0.5, 0.6) is 5.75 Å². The lowest BCUT2D eigenvalue weighted by atomic mass is 10.0. The van der Waals surface area contributed by atoms with Gasteiger partial charge in [-0.3, -0.25) is 9.69 Å². The van der Waals surface area contributed by atoms with E-state index in [4.69, 9.17) is 9.15 Å². The molecule has 10 heteroatoms. The number of aryl methyl sites for hydroxylation is 2. The van der Waals surface area contributed by atoms with Crippen molar-refractivity contribution in [3.8, 4) is 5.75 Å². The van der Waals surface area contributed by atoms with Crippen molar-refractivity contribution in [1.82, 2.24) is 19.4 Å². The van der Waals surface area contributed by atoms with Gasteiger partial charge in [0, 0.05) is 45.3 Å². The third-order valence-corrected chi connectivity index (χ3v) is 8.79. The smallest absolute Gasteiger partial charge is 0.257 e. The van der Waals surface area contributed by atoms with Gasteiger partial charge in [0.05, 0.1) is 24.1 Å². The monoisotopic (exact) mass is 504 g/mol. The summed E-state index contributed by atoms with van der Waals surface area (Å²) in [5, 5.41) is 0. The Kier molecular flexibility index (Phi) is 7.85. The number of carbonyl (C=O) groups excluding carboxylic acids is 1. The van der Waals surface area contributed by atoms with Gasteiger partial charge in [0.15, 0.2) is 0 Å². The minimum Gasteiger partial charge on any atom is -0.497 e. The Morgan fingerprint density at radius 2 is 1.69 bits per heavy atom. The summed E-state index contributed by atoms with van der Waals surface area (Å²) in [4.78, 5) is 20.0. The second-order valence-corrected chi connectivity index (χ2v) is 11.3. The van der Waals surface area contributed by atoms with Gasteiger partial charge in [-0.25, -0.2) is 13.1 Å². The Labute approximate surface area is 208 Å². The van der Waals surface area contributed by atoms with Gasteiger partial charge in [-0.05, 0) is 63.1 Å². The van der Waals surface area contributed by atoms with E-state index in [9.17, 15) is 13.2 Å². The Balaban J connectivity index is 1.33. The van der Waals surface area contributed by atoms with Crippen LogP contribution in [-0.4, -0.2) is 88.5 Å². The van der Waals surface area contributed by atoms with E-state index in [1.807, 2.05) is 4.90 Å². The summed E-state index contributed by atoms with van der Waals surface area (Å²) in [5.41, 5.74) is 1.66. The number of piperidine rings is 1. The number of methoxy groups -OCH3 is 1. The van der Waals surface area contributed by atoms with Gasteiger partial charge >= 0.3 is 0 Å². The first kappa shape index (κ1) is 25.7. The standard InChI is InChI=1S/C25H36N4O5S/c1-18-13-22(33-4)14-19(2)24(18)35(31,32)26-16-23-15-20(17-34-23)25(30)29-7-5-21(6-8-29)28-11-9-27(3)10-12-28/h13-15,17,21,26H,5-12,16H2,1-4H3. The maximum Gasteiger partial charge on any atom is 0.257 e. The molecule has 9 nitrogen and oxygen atoms in total. The third kappa shape index (κ3) is 5.88. The van der Waals surface area contributed by atoms with E-state index in [0.29, 0.717) is 34.2 Å². The highest BCUT2D eigenvalue weighted by Crippen LogP contribution is 2.26. The van der Waals surface area contributed by atoms with Crippen LogP contribution in [-0.2, 0) is 16.6 Å². The zero-order chi connectivity index (χ0) is 25.2. The van der Waals surface area contributed by atoms with E-state index in [2.05, 4.69) is 21.6 Å². The number of rotatable bonds is 7. The molecule has 2 saturated heterocycles. The van der Waals surface area contributed by atoms with Crippen molar-refractivity contribution in [1.29, 1.82) is 0 Å². The second-order valence-electron chi connectivity index (χ2n) is 9.58. The molecule has 1 amide bonds. The quantitative estimate of drug-likeness (QED) is 0.618. The molecule has 2 aliphatic rings. The molecule has 4 rings (SSSR count). The Morgan fingerprint density at radius 1 is 1.06 bits per heavy atom. The van der Waals surface area contributed by atoms with Crippen molar-refractivity contribution in [2.24, 2.45) is 0 Å². The van der Waals surface area contributed by atoms with E-state index < -0.39 is 10.0 Å². The first-order valence-corrected chi connectivity index (χ1v) is 13.6. The Bertz CT molecular complexity index is 1120. The fraction of sp³-hybridized carbons (Fsp3) is 0.560. The number of benzene rings is 1. The zero-order valence-electron chi connectivity index (χ0n) is 21.0. The molecule has 35 heavy (non-hydrogen) atoms. The van der Waals surface area contributed by atoms with Crippen molar-refractivity contribution >= 4 is 15.9 Å². The molecule has 1 N–H and O–H groups in total. The van der Waals surface area contributed by atoms with Gasteiger partial charge in [-0.15, -0.1) is 0 Å². The van der Waals surface area contributed by atoms with E-state index >= 15 is 0 Å². The number of amides is 1. The molecule has 0 radical (unpaired) electrons. The van der Waals surface area contributed by atoms with Crippen LogP contribution >= 0.6 is 0 Å². The lowest BCUT2D eigenvalue weighted by Gasteiger charge is -2.42. The first-order valence-electron chi connectivity index (χ1n) is 12.1. The summed E-state index contributed by atoms with van der Waals surface area (Å²) in [7, 11) is -0.0608. The molecule has 0 aliphatic carbocycles.